The summed E-state index contributed by atoms with van der Waals surface area (Å²) in [6, 6.07) is 0. The van der Waals surface area contributed by atoms with Crippen LogP contribution < -0.4 is 0 Å². The first-order valence-electron chi connectivity index (χ1n) is 3.46. The van der Waals surface area contributed by atoms with Gasteiger partial charge in [0.2, 0.25) is 0 Å². The van der Waals surface area contributed by atoms with Gasteiger partial charge in [-0.2, -0.15) is 0 Å². The molecule has 1 atom stereocenters. The van der Waals surface area contributed by atoms with Gasteiger partial charge in [0.25, 0.3) is 0 Å². The second kappa shape index (κ2) is 3.36. The minimum atomic E-state index is -1.37. The summed E-state index contributed by atoms with van der Waals surface area (Å²) in [5.74, 6) is 3.92. The maximum atomic E-state index is 5.32. The van der Waals surface area contributed by atoms with Crippen LogP contribution in [0.5, 0.6) is 0 Å². The summed E-state index contributed by atoms with van der Waals surface area (Å²) in [5.41, 5.74) is 0. The summed E-state index contributed by atoms with van der Waals surface area (Å²) in [5, 5.41) is 0. The van der Waals surface area contributed by atoms with Gasteiger partial charge in [-0.25, -0.2) is 4.31 Å². The maximum Gasteiger partial charge on any atom is 0.0321 e. The average molecular weight is 205 g/mol. The van der Waals surface area contributed by atoms with Gasteiger partial charge < -0.3 is 0 Å². The lowest BCUT2D eigenvalue weighted by molar-refractivity contribution is 0.473. The monoisotopic (exact) mass is 205 g/mol. The van der Waals surface area contributed by atoms with Gasteiger partial charge in [0.05, 0.1) is 0 Å². The fraction of sp³-hybridized carbons (Fsp3) is 0.714. The molecule has 1 heterocycles. The van der Waals surface area contributed by atoms with E-state index < -0.39 is 7.33 Å². The van der Waals surface area contributed by atoms with Crippen LogP contribution in [0.4, 0.5) is 0 Å². The lowest BCUT2D eigenvalue weighted by Crippen LogP contribution is -2.37. The molecule has 0 saturated carbocycles. The molecule has 1 nitrogen and oxygen atoms in total. The van der Waals surface area contributed by atoms with E-state index in [9.17, 15) is 0 Å². The fourth-order valence-electron chi connectivity index (χ4n) is 1.07. The zero-order valence-corrected chi connectivity index (χ0v) is 8.90. The zero-order chi connectivity index (χ0) is 8.48. The zero-order valence-electron chi connectivity index (χ0n) is 6.45. The standard InChI is InChI=1S/C7H11NS3/c1-3-7-4-5-8(2)11(9,10)6-7/h1,7H,4-6H2,2H3. The summed E-state index contributed by atoms with van der Waals surface area (Å²) >= 11 is 10.6. The Bertz CT molecular complexity index is 273. The maximum absolute atomic E-state index is 5.32. The van der Waals surface area contributed by atoms with E-state index in [4.69, 9.17) is 28.8 Å². The molecule has 1 unspecified atom stereocenters. The average Bonchev–Trinajstić information content (AvgIpc) is 1.95. The second-order valence-corrected chi connectivity index (χ2v) is 8.81. The van der Waals surface area contributed by atoms with Gasteiger partial charge in [-0.1, -0.05) is 0 Å². The molecule has 1 saturated heterocycles. The highest BCUT2D eigenvalue weighted by Crippen LogP contribution is 2.17. The number of nitrogens with zero attached hydrogens (tertiary/aromatic N) is 1. The summed E-state index contributed by atoms with van der Waals surface area (Å²) in [4.78, 5) is 0. The third kappa shape index (κ3) is 2.12. The Labute approximate surface area is 78.1 Å². The molecule has 0 radical (unpaired) electrons. The van der Waals surface area contributed by atoms with Crippen molar-refractivity contribution in [2.24, 2.45) is 5.92 Å². The summed E-state index contributed by atoms with van der Waals surface area (Å²) < 4.78 is 2.10. The molecular formula is C7H11NS3. The number of rotatable bonds is 0. The topological polar surface area (TPSA) is 3.24 Å². The van der Waals surface area contributed by atoms with Crippen molar-refractivity contribution in [3.05, 3.63) is 0 Å². The Morgan fingerprint density at radius 2 is 2.27 bits per heavy atom. The summed E-state index contributed by atoms with van der Waals surface area (Å²) in [6.07, 6.45) is 6.37. The molecule has 1 rings (SSSR count). The highest BCUT2D eigenvalue weighted by Gasteiger charge is 2.21. The van der Waals surface area contributed by atoms with Crippen molar-refractivity contribution in [1.29, 1.82) is 0 Å². The Balaban J connectivity index is 2.77. The van der Waals surface area contributed by atoms with Crippen LogP contribution in [0.25, 0.3) is 0 Å². The van der Waals surface area contributed by atoms with E-state index in [1.54, 1.807) is 0 Å². The molecule has 11 heavy (non-hydrogen) atoms. The largest absolute Gasteiger partial charge is 0.248 e. The molecule has 1 fully saturated rings. The van der Waals surface area contributed by atoms with Crippen molar-refractivity contribution in [1.82, 2.24) is 4.31 Å². The van der Waals surface area contributed by atoms with Crippen LogP contribution in [-0.4, -0.2) is 23.7 Å². The van der Waals surface area contributed by atoms with Gasteiger partial charge in [-0.15, -0.1) is 12.3 Å². The van der Waals surface area contributed by atoms with E-state index in [0.29, 0.717) is 5.92 Å². The van der Waals surface area contributed by atoms with E-state index in [1.807, 2.05) is 7.05 Å². The molecule has 0 aromatic carbocycles. The molecule has 0 aromatic rings. The Hall–Kier alpha value is 0.310. The molecule has 0 bridgehead atoms. The van der Waals surface area contributed by atoms with Gasteiger partial charge in [-0.3, -0.25) is 0 Å². The highest BCUT2D eigenvalue weighted by molar-refractivity contribution is 8.55. The van der Waals surface area contributed by atoms with E-state index in [1.165, 1.54) is 0 Å². The fourth-order valence-corrected chi connectivity index (χ4v) is 3.92. The molecule has 1 aliphatic rings. The van der Waals surface area contributed by atoms with Crippen molar-refractivity contribution >= 4 is 29.7 Å². The van der Waals surface area contributed by atoms with E-state index in [0.717, 1.165) is 18.7 Å². The number of hydrogen-bond acceptors (Lipinski definition) is 2. The molecule has 62 valence electrons. The molecule has 0 spiro atoms. The SMILES string of the molecule is C#CC1CCN(C)S(=S)(=S)C1. The Morgan fingerprint density at radius 3 is 2.73 bits per heavy atom. The van der Waals surface area contributed by atoms with Crippen LogP contribution in [0, 0.1) is 18.3 Å². The third-order valence-electron chi connectivity index (χ3n) is 1.91. The molecule has 0 amide bonds. The predicted molar refractivity (Wildman–Crippen MR) is 56.5 cm³/mol. The van der Waals surface area contributed by atoms with E-state index >= 15 is 0 Å². The number of terminal acetylenes is 1. The smallest absolute Gasteiger partial charge is 0.0321 e. The minimum Gasteiger partial charge on any atom is -0.248 e. The van der Waals surface area contributed by atoms with E-state index in [-0.39, 0.29) is 0 Å². The van der Waals surface area contributed by atoms with Gasteiger partial charge >= 0.3 is 0 Å². The first kappa shape index (κ1) is 9.40. The summed E-state index contributed by atoms with van der Waals surface area (Å²) in [7, 11) is 0.637. The molecule has 0 aromatic heterocycles. The quantitative estimate of drug-likeness (QED) is 0.532. The van der Waals surface area contributed by atoms with Gasteiger partial charge in [0, 0.05) is 18.2 Å². The minimum absolute atomic E-state index is 0.330. The van der Waals surface area contributed by atoms with Crippen molar-refractivity contribution in [2.75, 3.05) is 19.3 Å². The second-order valence-electron chi connectivity index (χ2n) is 2.75. The van der Waals surface area contributed by atoms with Crippen molar-refractivity contribution in [3.63, 3.8) is 0 Å². The van der Waals surface area contributed by atoms with Gasteiger partial charge in [0.1, 0.15) is 0 Å². The third-order valence-corrected chi connectivity index (χ3v) is 6.21. The molecular weight excluding hydrogens is 194 g/mol. The van der Waals surface area contributed by atoms with Crippen LogP contribution in [-0.2, 0) is 29.7 Å². The van der Waals surface area contributed by atoms with Crippen molar-refractivity contribution in [2.45, 2.75) is 6.42 Å². The van der Waals surface area contributed by atoms with Crippen LogP contribution in [0.1, 0.15) is 6.42 Å². The van der Waals surface area contributed by atoms with Gasteiger partial charge in [0.15, 0.2) is 0 Å². The van der Waals surface area contributed by atoms with Crippen LogP contribution in [0.3, 0.4) is 0 Å². The Kier molecular flexibility index (Phi) is 2.87. The van der Waals surface area contributed by atoms with Crippen LogP contribution in [0.2, 0.25) is 0 Å². The van der Waals surface area contributed by atoms with Crippen LogP contribution >= 0.6 is 0 Å². The van der Waals surface area contributed by atoms with Crippen LogP contribution in [0.15, 0.2) is 0 Å². The van der Waals surface area contributed by atoms with E-state index in [2.05, 4.69) is 10.2 Å². The molecule has 0 N–H and O–H groups in total. The lowest BCUT2D eigenvalue weighted by Gasteiger charge is -2.31. The number of hydrogen-bond donors (Lipinski definition) is 0. The first-order valence-corrected chi connectivity index (χ1v) is 7.07. The normalized spacial score (nSPS) is 31.1. The van der Waals surface area contributed by atoms with Gasteiger partial charge in [-0.05, 0) is 43.2 Å². The van der Waals surface area contributed by atoms with Crippen molar-refractivity contribution < 1.29 is 0 Å². The van der Waals surface area contributed by atoms with Crippen molar-refractivity contribution in [3.8, 4) is 12.3 Å². The molecule has 0 aliphatic carbocycles. The lowest BCUT2D eigenvalue weighted by atomic mass is 10.1. The molecule has 4 heteroatoms. The predicted octanol–water partition coefficient (Wildman–Crippen LogP) is 0.564. The first-order chi connectivity index (χ1) is 5.06. The Morgan fingerprint density at radius 1 is 1.64 bits per heavy atom. The highest BCUT2D eigenvalue weighted by atomic mass is 33.1. The molecule has 1 aliphatic heterocycles. The summed E-state index contributed by atoms with van der Waals surface area (Å²) in [6.45, 7) is 0.969.